The third-order valence-electron chi connectivity index (χ3n) is 9.15. The number of para-hydroxylation sites is 1. The van der Waals surface area contributed by atoms with Crippen molar-refractivity contribution in [2.75, 3.05) is 0 Å². The van der Waals surface area contributed by atoms with Gasteiger partial charge >= 0.3 is 0 Å². The number of aromatic nitrogens is 4. The monoisotopic (exact) mass is 638 g/mol. The normalized spacial score (nSPS) is 11.2. The number of hydrogen-bond donors (Lipinski definition) is 0. The lowest BCUT2D eigenvalue weighted by atomic mass is 9.91. The first-order valence-corrected chi connectivity index (χ1v) is 16.7. The van der Waals surface area contributed by atoms with Crippen molar-refractivity contribution in [2.24, 2.45) is 0 Å². The molecule has 0 N–H and O–H groups in total. The quantitative estimate of drug-likeness (QED) is 0.170. The molecule has 0 aliphatic carbocycles. The SMILES string of the molecule is c1ccc(-c2nc(-c3ccc(-c4ccc(-c5ccccc5)c(-c5ccccc5)c4)cc3)nc(-c3nc4ccccc4c4ccccc34)n2)cc1. The second kappa shape index (κ2) is 12.7. The van der Waals surface area contributed by atoms with Crippen molar-refractivity contribution in [2.45, 2.75) is 0 Å². The van der Waals surface area contributed by atoms with E-state index in [9.17, 15) is 0 Å². The van der Waals surface area contributed by atoms with E-state index >= 15 is 0 Å². The summed E-state index contributed by atoms with van der Waals surface area (Å²) < 4.78 is 0. The molecule has 2 aromatic heterocycles. The molecule has 4 heteroatoms. The Hall–Kier alpha value is -6.78. The molecule has 0 bridgehead atoms. The molecule has 0 spiro atoms. The van der Waals surface area contributed by atoms with Gasteiger partial charge in [-0.3, -0.25) is 0 Å². The third-order valence-corrected chi connectivity index (χ3v) is 9.15. The van der Waals surface area contributed by atoms with Crippen molar-refractivity contribution in [3.05, 3.63) is 182 Å². The van der Waals surface area contributed by atoms with Gasteiger partial charge in [0.15, 0.2) is 17.5 Å². The summed E-state index contributed by atoms with van der Waals surface area (Å²) in [4.78, 5) is 20.2. The molecule has 0 saturated carbocycles. The van der Waals surface area contributed by atoms with Gasteiger partial charge in [0, 0.05) is 21.9 Å². The molecule has 0 atom stereocenters. The van der Waals surface area contributed by atoms with E-state index in [1.54, 1.807) is 0 Å². The van der Waals surface area contributed by atoms with Crippen LogP contribution in [0.2, 0.25) is 0 Å². The Morgan fingerprint density at radius 2 is 0.720 bits per heavy atom. The van der Waals surface area contributed by atoms with Crippen molar-refractivity contribution in [1.29, 1.82) is 0 Å². The van der Waals surface area contributed by atoms with Gasteiger partial charge in [0.2, 0.25) is 0 Å². The van der Waals surface area contributed by atoms with E-state index in [4.69, 9.17) is 19.9 Å². The summed E-state index contributed by atoms with van der Waals surface area (Å²) in [5.74, 6) is 1.76. The smallest absolute Gasteiger partial charge is 0.183 e. The zero-order valence-corrected chi connectivity index (χ0v) is 27.1. The molecule has 4 nitrogen and oxygen atoms in total. The Bertz CT molecular complexity index is 2620. The highest BCUT2D eigenvalue weighted by molar-refractivity contribution is 6.10. The fraction of sp³-hybridized carbons (Fsp3) is 0. The summed E-state index contributed by atoms with van der Waals surface area (Å²) in [6.45, 7) is 0. The van der Waals surface area contributed by atoms with E-state index in [0.29, 0.717) is 17.5 Å². The molecule has 50 heavy (non-hydrogen) atoms. The maximum absolute atomic E-state index is 5.11. The first-order valence-electron chi connectivity index (χ1n) is 16.7. The summed E-state index contributed by atoms with van der Waals surface area (Å²) in [5, 5.41) is 3.23. The maximum atomic E-state index is 5.11. The van der Waals surface area contributed by atoms with Crippen molar-refractivity contribution < 1.29 is 0 Å². The fourth-order valence-corrected chi connectivity index (χ4v) is 6.66. The molecule has 0 fully saturated rings. The van der Waals surface area contributed by atoms with Gasteiger partial charge < -0.3 is 0 Å². The summed E-state index contributed by atoms with van der Waals surface area (Å²) in [6, 6.07) is 63.0. The van der Waals surface area contributed by atoms with Gasteiger partial charge in [-0.15, -0.1) is 0 Å². The van der Waals surface area contributed by atoms with Gasteiger partial charge in [-0.25, -0.2) is 19.9 Å². The predicted octanol–water partition coefficient (Wildman–Crippen LogP) is 11.6. The van der Waals surface area contributed by atoms with Crippen LogP contribution in [0, 0.1) is 0 Å². The number of benzene rings is 7. The number of rotatable bonds is 6. The molecule has 7 aromatic carbocycles. The van der Waals surface area contributed by atoms with Crippen LogP contribution in [0.25, 0.3) is 89.4 Å². The standard InChI is InChI=1S/C46H30N4/c1-4-14-32(15-5-1)37-29-28-36(30-41(37)33-16-6-2-7-17-33)31-24-26-35(27-25-31)45-48-44(34-18-8-3-9-19-34)49-46(50-45)43-40-22-11-10-20-38(40)39-21-12-13-23-42(39)47-43/h1-30H. The van der Waals surface area contributed by atoms with E-state index in [-0.39, 0.29) is 0 Å². The molecule has 9 rings (SSSR count). The predicted molar refractivity (Wildman–Crippen MR) is 205 cm³/mol. The highest BCUT2D eigenvalue weighted by Crippen LogP contribution is 2.37. The Labute approximate surface area is 290 Å². The van der Waals surface area contributed by atoms with Crippen LogP contribution in [0.15, 0.2) is 182 Å². The van der Waals surface area contributed by atoms with Crippen LogP contribution in [0.1, 0.15) is 0 Å². The number of pyridine rings is 1. The molecule has 0 aliphatic rings. The van der Waals surface area contributed by atoms with E-state index in [1.165, 1.54) is 22.3 Å². The van der Waals surface area contributed by atoms with Crippen LogP contribution in [0.4, 0.5) is 0 Å². The Morgan fingerprint density at radius 3 is 1.38 bits per heavy atom. The van der Waals surface area contributed by atoms with Crippen LogP contribution in [-0.4, -0.2) is 19.9 Å². The van der Waals surface area contributed by atoms with Gasteiger partial charge in [0.1, 0.15) is 5.69 Å². The van der Waals surface area contributed by atoms with Crippen molar-refractivity contribution in [3.63, 3.8) is 0 Å². The maximum Gasteiger partial charge on any atom is 0.183 e. The first kappa shape index (κ1) is 29.4. The van der Waals surface area contributed by atoms with Gasteiger partial charge in [-0.2, -0.15) is 0 Å². The van der Waals surface area contributed by atoms with Crippen LogP contribution in [0.5, 0.6) is 0 Å². The number of fused-ring (bicyclic) bond motifs is 3. The molecule has 0 saturated heterocycles. The topological polar surface area (TPSA) is 51.6 Å². The van der Waals surface area contributed by atoms with Crippen molar-refractivity contribution in [1.82, 2.24) is 19.9 Å². The lowest BCUT2D eigenvalue weighted by Gasteiger charge is -2.14. The summed E-state index contributed by atoms with van der Waals surface area (Å²) in [7, 11) is 0. The first-order chi connectivity index (χ1) is 24.8. The van der Waals surface area contributed by atoms with Crippen LogP contribution in [-0.2, 0) is 0 Å². The highest BCUT2D eigenvalue weighted by atomic mass is 15.0. The minimum atomic E-state index is 0.545. The van der Waals surface area contributed by atoms with Crippen LogP contribution >= 0.6 is 0 Å². The minimum Gasteiger partial charge on any atom is -0.244 e. The lowest BCUT2D eigenvalue weighted by Crippen LogP contribution is -2.02. The average molecular weight is 639 g/mol. The largest absolute Gasteiger partial charge is 0.244 e. The molecule has 234 valence electrons. The Kier molecular flexibility index (Phi) is 7.45. The fourth-order valence-electron chi connectivity index (χ4n) is 6.66. The van der Waals surface area contributed by atoms with E-state index in [1.807, 2.05) is 48.5 Å². The summed E-state index contributed by atoms with van der Waals surface area (Å²) in [6.07, 6.45) is 0. The van der Waals surface area contributed by atoms with Crippen LogP contribution < -0.4 is 0 Å². The average Bonchev–Trinajstić information content (AvgIpc) is 3.21. The van der Waals surface area contributed by atoms with Gasteiger partial charge in [-0.1, -0.05) is 170 Å². The zero-order chi connectivity index (χ0) is 33.3. The molecule has 2 heterocycles. The van der Waals surface area contributed by atoms with E-state index in [2.05, 4.69) is 133 Å². The molecular weight excluding hydrogens is 609 g/mol. The number of nitrogens with zero attached hydrogens (tertiary/aromatic N) is 4. The summed E-state index contributed by atoms with van der Waals surface area (Å²) in [5.41, 5.74) is 10.5. The summed E-state index contributed by atoms with van der Waals surface area (Å²) >= 11 is 0. The molecule has 0 amide bonds. The van der Waals surface area contributed by atoms with Gasteiger partial charge in [-0.05, 0) is 50.9 Å². The third kappa shape index (κ3) is 5.49. The van der Waals surface area contributed by atoms with Gasteiger partial charge in [0.25, 0.3) is 0 Å². The van der Waals surface area contributed by atoms with Crippen molar-refractivity contribution in [3.8, 4) is 67.7 Å². The van der Waals surface area contributed by atoms with Gasteiger partial charge in [0.05, 0.1) is 5.52 Å². The minimum absolute atomic E-state index is 0.545. The van der Waals surface area contributed by atoms with E-state index < -0.39 is 0 Å². The zero-order valence-electron chi connectivity index (χ0n) is 27.1. The van der Waals surface area contributed by atoms with Crippen molar-refractivity contribution >= 4 is 21.7 Å². The molecule has 9 aromatic rings. The molecule has 0 unspecified atom stereocenters. The van der Waals surface area contributed by atoms with E-state index in [0.717, 1.165) is 49.6 Å². The lowest BCUT2D eigenvalue weighted by molar-refractivity contribution is 1.07. The Balaban J connectivity index is 1.16. The molecular formula is C46H30N4. The number of hydrogen-bond acceptors (Lipinski definition) is 4. The highest BCUT2D eigenvalue weighted by Gasteiger charge is 2.17. The molecule has 0 aliphatic heterocycles. The Morgan fingerprint density at radius 1 is 0.260 bits per heavy atom. The van der Waals surface area contributed by atoms with Crippen LogP contribution in [0.3, 0.4) is 0 Å². The second-order valence-electron chi connectivity index (χ2n) is 12.3. The molecule has 0 radical (unpaired) electrons. The second-order valence-corrected chi connectivity index (χ2v) is 12.3.